The van der Waals surface area contributed by atoms with Gasteiger partial charge in [0.2, 0.25) is 5.89 Å². The Morgan fingerprint density at radius 3 is 2.95 bits per heavy atom. The van der Waals surface area contributed by atoms with Crippen LogP contribution in [0.5, 0.6) is 0 Å². The number of rotatable bonds is 5. The highest BCUT2D eigenvalue weighted by molar-refractivity contribution is 6.31. The molecule has 1 N–H and O–H groups in total. The van der Waals surface area contributed by atoms with Gasteiger partial charge in [0.05, 0.1) is 4.92 Å². The summed E-state index contributed by atoms with van der Waals surface area (Å²) >= 11 is 5.82. The van der Waals surface area contributed by atoms with Gasteiger partial charge in [0.1, 0.15) is 5.69 Å². The highest BCUT2D eigenvalue weighted by atomic mass is 35.5. The van der Waals surface area contributed by atoms with Crippen molar-refractivity contribution in [2.75, 3.05) is 11.9 Å². The average Bonchev–Trinajstić information content (AvgIpc) is 2.75. The fourth-order valence-electron chi connectivity index (χ4n) is 1.56. The predicted octanol–water partition coefficient (Wildman–Crippen LogP) is 2.59. The van der Waals surface area contributed by atoms with Gasteiger partial charge in [0.15, 0.2) is 5.82 Å². The number of hydrogen-bond donors (Lipinski definition) is 1. The van der Waals surface area contributed by atoms with Gasteiger partial charge in [-0.2, -0.15) is 4.98 Å². The molecule has 0 saturated heterocycles. The first-order chi connectivity index (χ1) is 9.06. The van der Waals surface area contributed by atoms with Gasteiger partial charge in [-0.1, -0.05) is 16.8 Å². The molecule has 0 aliphatic heterocycles. The average molecular weight is 283 g/mol. The molecule has 0 atom stereocenters. The summed E-state index contributed by atoms with van der Waals surface area (Å²) in [6, 6.07) is 4.36. The lowest BCUT2D eigenvalue weighted by molar-refractivity contribution is -0.384. The summed E-state index contributed by atoms with van der Waals surface area (Å²) in [6.07, 6.45) is 0.501. The van der Waals surface area contributed by atoms with E-state index in [2.05, 4.69) is 15.5 Å². The van der Waals surface area contributed by atoms with Crippen LogP contribution in [0.2, 0.25) is 5.02 Å². The van der Waals surface area contributed by atoms with Crippen molar-refractivity contribution >= 4 is 23.0 Å². The molecule has 0 bridgehead atoms. The van der Waals surface area contributed by atoms with E-state index in [0.29, 0.717) is 35.4 Å². The van der Waals surface area contributed by atoms with E-state index < -0.39 is 4.92 Å². The zero-order chi connectivity index (χ0) is 13.8. The van der Waals surface area contributed by atoms with Crippen LogP contribution in [0.3, 0.4) is 0 Å². The predicted molar refractivity (Wildman–Crippen MR) is 69.3 cm³/mol. The molecule has 8 heteroatoms. The summed E-state index contributed by atoms with van der Waals surface area (Å²) in [7, 11) is 0. The Balaban J connectivity index is 2.02. The summed E-state index contributed by atoms with van der Waals surface area (Å²) < 4.78 is 4.83. The van der Waals surface area contributed by atoms with E-state index in [9.17, 15) is 10.1 Å². The Morgan fingerprint density at radius 2 is 2.32 bits per heavy atom. The quantitative estimate of drug-likeness (QED) is 0.669. The molecule has 19 heavy (non-hydrogen) atoms. The molecule has 100 valence electrons. The molecule has 1 aromatic heterocycles. The van der Waals surface area contributed by atoms with E-state index in [1.54, 1.807) is 6.92 Å². The maximum atomic E-state index is 10.9. The van der Waals surface area contributed by atoms with Crippen LogP contribution in [0.15, 0.2) is 22.7 Å². The van der Waals surface area contributed by atoms with E-state index in [1.165, 1.54) is 18.2 Å². The summed E-state index contributed by atoms with van der Waals surface area (Å²) in [5.74, 6) is 1.04. The fraction of sp³-hybridized carbons (Fsp3) is 0.273. The Labute approximate surface area is 113 Å². The third-order valence-electron chi connectivity index (χ3n) is 2.39. The number of anilines is 1. The van der Waals surface area contributed by atoms with Crippen molar-refractivity contribution < 1.29 is 9.45 Å². The SMILES string of the molecule is Cc1nc(CCNc2cc(Cl)ccc2[N+](=O)[O-])no1. The lowest BCUT2D eigenvalue weighted by Crippen LogP contribution is -2.07. The fourth-order valence-corrected chi connectivity index (χ4v) is 1.73. The highest BCUT2D eigenvalue weighted by Gasteiger charge is 2.13. The first-order valence-electron chi connectivity index (χ1n) is 5.53. The maximum absolute atomic E-state index is 10.9. The van der Waals surface area contributed by atoms with Crippen molar-refractivity contribution in [3.05, 3.63) is 45.1 Å². The van der Waals surface area contributed by atoms with Gasteiger partial charge in [-0.15, -0.1) is 0 Å². The number of aryl methyl sites for hydroxylation is 1. The number of nitrogens with zero attached hydrogens (tertiary/aromatic N) is 3. The number of nitrogens with one attached hydrogen (secondary N) is 1. The first kappa shape index (κ1) is 13.3. The number of benzene rings is 1. The molecule has 1 aromatic carbocycles. The molecule has 2 rings (SSSR count). The Morgan fingerprint density at radius 1 is 1.53 bits per heavy atom. The topological polar surface area (TPSA) is 94.1 Å². The Bertz CT molecular complexity index is 599. The molecule has 7 nitrogen and oxygen atoms in total. The Kier molecular flexibility index (Phi) is 3.96. The maximum Gasteiger partial charge on any atom is 0.292 e. The van der Waals surface area contributed by atoms with Gasteiger partial charge in [0.25, 0.3) is 5.69 Å². The van der Waals surface area contributed by atoms with Crippen LogP contribution in [0.25, 0.3) is 0 Å². The van der Waals surface area contributed by atoms with Gasteiger partial charge in [-0.25, -0.2) is 0 Å². The van der Waals surface area contributed by atoms with E-state index >= 15 is 0 Å². The molecule has 0 unspecified atom stereocenters. The smallest absolute Gasteiger partial charge is 0.292 e. The van der Waals surface area contributed by atoms with Crippen molar-refractivity contribution in [2.45, 2.75) is 13.3 Å². The second-order valence-corrected chi connectivity index (χ2v) is 4.26. The van der Waals surface area contributed by atoms with Crippen LogP contribution in [0, 0.1) is 17.0 Å². The molecular weight excluding hydrogens is 272 g/mol. The number of hydrogen-bond acceptors (Lipinski definition) is 6. The van der Waals surface area contributed by atoms with Gasteiger partial charge in [-0.05, 0) is 12.1 Å². The van der Waals surface area contributed by atoms with E-state index in [0.717, 1.165) is 0 Å². The molecule has 2 aromatic rings. The number of nitro groups is 1. The summed E-state index contributed by atoms with van der Waals surface area (Å²) in [5, 5.41) is 18.0. The van der Waals surface area contributed by atoms with Crippen LogP contribution < -0.4 is 5.32 Å². The van der Waals surface area contributed by atoms with Crippen molar-refractivity contribution in [1.82, 2.24) is 10.1 Å². The minimum absolute atomic E-state index is 0.0197. The molecule has 0 amide bonds. The van der Waals surface area contributed by atoms with E-state index in [1.807, 2.05) is 0 Å². The monoisotopic (exact) mass is 282 g/mol. The van der Waals surface area contributed by atoms with Crippen LogP contribution in [0.4, 0.5) is 11.4 Å². The van der Waals surface area contributed by atoms with Crippen LogP contribution in [0.1, 0.15) is 11.7 Å². The van der Waals surface area contributed by atoms with E-state index in [-0.39, 0.29) is 5.69 Å². The third-order valence-corrected chi connectivity index (χ3v) is 2.62. The molecule has 0 radical (unpaired) electrons. The zero-order valence-corrected chi connectivity index (χ0v) is 10.8. The molecular formula is C11H11ClN4O3. The lowest BCUT2D eigenvalue weighted by atomic mass is 10.2. The van der Waals surface area contributed by atoms with Gasteiger partial charge in [0, 0.05) is 31.0 Å². The van der Waals surface area contributed by atoms with Crippen molar-refractivity contribution in [1.29, 1.82) is 0 Å². The highest BCUT2D eigenvalue weighted by Crippen LogP contribution is 2.27. The largest absolute Gasteiger partial charge is 0.379 e. The minimum Gasteiger partial charge on any atom is -0.379 e. The summed E-state index contributed by atoms with van der Waals surface area (Å²) in [6.45, 7) is 2.14. The van der Waals surface area contributed by atoms with Crippen LogP contribution in [-0.4, -0.2) is 21.6 Å². The van der Waals surface area contributed by atoms with Crippen molar-refractivity contribution in [3.8, 4) is 0 Å². The second-order valence-electron chi connectivity index (χ2n) is 3.82. The van der Waals surface area contributed by atoms with E-state index in [4.69, 9.17) is 16.1 Å². The molecule has 0 aliphatic carbocycles. The van der Waals surface area contributed by atoms with Crippen LogP contribution >= 0.6 is 11.6 Å². The zero-order valence-electron chi connectivity index (χ0n) is 10.1. The van der Waals surface area contributed by atoms with Crippen molar-refractivity contribution in [3.63, 3.8) is 0 Å². The summed E-state index contributed by atoms with van der Waals surface area (Å²) in [5.41, 5.74) is 0.353. The van der Waals surface area contributed by atoms with Gasteiger partial charge in [-0.3, -0.25) is 10.1 Å². The van der Waals surface area contributed by atoms with Crippen LogP contribution in [-0.2, 0) is 6.42 Å². The number of nitro benzene ring substituents is 1. The standard InChI is InChI=1S/C11H11ClN4O3/c1-7-14-11(15-19-7)4-5-13-9-6-8(12)2-3-10(9)16(17)18/h2-3,6,13H,4-5H2,1H3. The van der Waals surface area contributed by atoms with Gasteiger partial charge < -0.3 is 9.84 Å². The lowest BCUT2D eigenvalue weighted by Gasteiger charge is -2.05. The summed E-state index contributed by atoms with van der Waals surface area (Å²) in [4.78, 5) is 14.4. The third kappa shape index (κ3) is 3.41. The minimum atomic E-state index is -0.461. The Hall–Kier alpha value is -2.15. The first-order valence-corrected chi connectivity index (χ1v) is 5.91. The molecule has 0 spiro atoms. The number of halogens is 1. The molecule has 0 fully saturated rings. The molecule has 0 aliphatic rings. The van der Waals surface area contributed by atoms with Crippen molar-refractivity contribution in [2.24, 2.45) is 0 Å². The van der Waals surface area contributed by atoms with Gasteiger partial charge >= 0.3 is 0 Å². The second kappa shape index (κ2) is 5.66. The molecule has 0 saturated carbocycles. The normalized spacial score (nSPS) is 10.4. The molecule has 1 heterocycles. The number of aromatic nitrogens is 2.